The van der Waals surface area contributed by atoms with E-state index < -0.39 is 0 Å². The zero-order valence-corrected chi connectivity index (χ0v) is 14.7. The first kappa shape index (κ1) is 16.5. The van der Waals surface area contributed by atoms with E-state index in [1.807, 2.05) is 18.2 Å². The average Bonchev–Trinajstić information content (AvgIpc) is 2.90. The van der Waals surface area contributed by atoms with E-state index in [9.17, 15) is 0 Å². The molecule has 6 heteroatoms. The summed E-state index contributed by atoms with van der Waals surface area (Å²) < 4.78 is 6.19. The molecule has 0 radical (unpaired) electrons. The topological polar surface area (TPSA) is 51.0 Å². The Hall–Kier alpha value is -0.910. The highest BCUT2D eigenvalue weighted by Gasteiger charge is 2.17. The molecule has 2 rings (SSSR count). The van der Waals surface area contributed by atoms with Gasteiger partial charge in [0.2, 0.25) is 11.7 Å². The fourth-order valence-electron chi connectivity index (χ4n) is 2.08. The summed E-state index contributed by atoms with van der Waals surface area (Å²) in [6, 6.07) is 5.92. The van der Waals surface area contributed by atoms with E-state index in [2.05, 4.69) is 52.2 Å². The summed E-state index contributed by atoms with van der Waals surface area (Å²) in [5.41, 5.74) is 0.880. The van der Waals surface area contributed by atoms with Gasteiger partial charge in [0.25, 0.3) is 0 Å². The van der Waals surface area contributed by atoms with Crippen molar-refractivity contribution in [1.82, 2.24) is 15.5 Å². The third-order valence-corrected chi connectivity index (χ3v) is 4.53. The summed E-state index contributed by atoms with van der Waals surface area (Å²) in [5, 5.41) is 8.16. The molecule has 21 heavy (non-hydrogen) atoms. The molecule has 1 heterocycles. The lowest BCUT2D eigenvalue weighted by Gasteiger charge is -2.19. The van der Waals surface area contributed by atoms with E-state index in [1.54, 1.807) is 0 Å². The van der Waals surface area contributed by atoms with E-state index in [0.29, 0.717) is 28.7 Å². The van der Waals surface area contributed by atoms with Crippen molar-refractivity contribution >= 4 is 27.5 Å². The minimum absolute atomic E-state index is 0.334. The lowest BCUT2D eigenvalue weighted by atomic mass is 10.0. The highest BCUT2D eigenvalue weighted by molar-refractivity contribution is 9.10. The monoisotopic (exact) mass is 371 g/mol. The van der Waals surface area contributed by atoms with Crippen LogP contribution in [0.4, 0.5) is 0 Å². The lowest BCUT2D eigenvalue weighted by molar-refractivity contribution is 0.329. The number of aromatic nitrogens is 2. The van der Waals surface area contributed by atoms with E-state index >= 15 is 0 Å². The first-order chi connectivity index (χ1) is 10.0. The number of hydrogen-bond acceptors (Lipinski definition) is 4. The van der Waals surface area contributed by atoms with Crippen LogP contribution in [0.1, 0.15) is 26.7 Å². The van der Waals surface area contributed by atoms with Crippen molar-refractivity contribution in [3.63, 3.8) is 0 Å². The predicted octanol–water partition coefficient (Wildman–Crippen LogP) is 4.33. The van der Waals surface area contributed by atoms with Crippen LogP contribution in [0.2, 0.25) is 5.02 Å². The van der Waals surface area contributed by atoms with Crippen LogP contribution in [0.15, 0.2) is 27.2 Å². The lowest BCUT2D eigenvalue weighted by Crippen LogP contribution is -2.35. The van der Waals surface area contributed by atoms with Crippen molar-refractivity contribution in [3.05, 3.63) is 33.6 Å². The molecule has 0 fully saturated rings. The van der Waals surface area contributed by atoms with Crippen molar-refractivity contribution in [3.8, 4) is 11.4 Å². The van der Waals surface area contributed by atoms with Gasteiger partial charge in [-0.3, -0.25) is 0 Å². The van der Waals surface area contributed by atoms with Crippen molar-refractivity contribution in [2.45, 2.75) is 33.2 Å². The summed E-state index contributed by atoms with van der Waals surface area (Å²) in [4.78, 5) is 4.47. The number of hydrogen-bond donors (Lipinski definition) is 1. The number of rotatable bonds is 6. The zero-order chi connectivity index (χ0) is 15.4. The smallest absolute Gasteiger partial charge is 0.228 e. The van der Waals surface area contributed by atoms with Gasteiger partial charge in [0, 0.05) is 22.5 Å². The van der Waals surface area contributed by atoms with Gasteiger partial charge >= 0.3 is 0 Å². The highest BCUT2D eigenvalue weighted by atomic mass is 79.9. The average molecular weight is 373 g/mol. The van der Waals surface area contributed by atoms with E-state index in [0.717, 1.165) is 23.0 Å². The first-order valence-corrected chi connectivity index (χ1v) is 8.19. The summed E-state index contributed by atoms with van der Waals surface area (Å²) in [5.74, 6) is 1.74. The maximum absolute atomic E-state index is 5.99. The van der Waals surface area contributed by atoms with Gasteiger partial charge in [-0.25, -0.2) is 0 Å². The van der Waals surface area contributed by atoms with Crippen molar-refractivity contribution in [2.75, 3.05) is 6.54 Å². The van der Waals surface area contributed by atoms with Gasteiger partial charge in [-0.15, -0.1) is 0 Å². The summed E-state index contributed by atoms with van der Waals surface area (Å²) >= 11 is 9.39. The van der Waals surface area contributed by atoms with Gasteiger partial charge in [-0.1, -0.05) is 37.5 Å². The molecule has 1 N–H and O–H groups in total. The number of nitrogens with zero attached hydrogens (tertiary/aromatic N) is 2. The molecule has 2 aromatic rings. The molecular weight excluding hydrogens is 354 g/mol. The van der Waals surface area contributed by atoms with Crippen LogP contribution >= 0.6 is 27.5 Å². The standard InChI is InChI=1S/C15H19BrClN3O/c1-4-18-13(9(2)3)8-14-19-15(20-21-14)10-5-6-12(17)11(16)7-10/h5-7,9,13,18H,4,8H2,1-3H3. The Labute approximate surface area is 138 Å². The molecule has 4 nitrogen and oxygen atoms in total. The Morgan fingerprint density at radius 3 is 2.76 bits per heavy atom. The maximum atomic E-state index is 5.99. The number of benzene rings is 1. The van der Waals surface area contributed by atoms with E-state index in [4.69, 9.17) is 16.1 Å². The molecule has 114 valence electrons. The Morgan fingerprint density at radius 2 is 2.14 bits per heavy atom. The van der Waals surface area contributed by atoms with E-state index in [1.165, 1.54) is 0 Å². The van der Waals surface area contributed by atoms with Gasteiger partial charge < -0.3 is 9.84 Å². The Bertz CT molecular complexity index is 600. The summed E-state index contributed by atoms with van der Waals surface area (Å²) in [6.07, 6.45) is 0.729. The Morgan fingerprint density at radius 1 is 1.38 bits per heavy atom. The number of halogens is 2. The second kappa shape index (κ2) is 7.38. The van der Waals surface area contributed by atoms with Gasteiger partial charge in [0.15, 0.2) is 0 Å². The normalized spacial score (nSPS) is 12.9. The molecule has 0 aliphatic heterocycles. The molecular formula is C15H19BrClN3O. The number of likely N-dealkylation sites (N-methyl/N-ethyl adjacent to an activating group) is 1. The highest BCUT2D eigenvalue weighted by Crippen LogP contribution is 2.27. The minimum atomic E-state index is 0.334. The van der Waals surface area contributed by atoms with Gasteiger partial charge in [0.05, 0.1) is 5.02 Å². The van der Waals surface area contributed by atoms with Crippen LogP contribution in [-0.4, -0.2) is 22.7 Å². The fraction of sp³-hybridized carbons (Fsp3) is 0.467. The van der Waals surface area contributed by atoms with E-state index in [-0.39, 0.29) is 0 Å². The van der Waals surface area contributed by atoms with Crippen LogP contribution in [0, 0.1) is 5.92 Å². The summed E-state index contributed by atoms with van der Waals surface area (Å²) in [7, 11) is 0. The third-order valence-electron chi connectivity index (χ3n) is 3.31. The molecule has 0 aliphatic rings. The maximum Gasteiger partial charge on any atom is 0.228 e. The minimum Gasteiger partial charge on any atom is -0.339 e. The largest absolute Gasteiger partial charge is 0.339 e. The van der Waals surface area contributed by atoms with Crippen LogP contribution in [0.5, 0.6) is 0 Å². The second-order valence-electron chi connectivity index (χ2n) is 5.25. The molecule has 1 aromatic carbocycles. The molecule has 1 unspecified atom stereocenters. The Balaban J connectivity index is 2.15. The molecule has 0 aliphatic carbocycles. The van der Waals surface area contributed by atoms with Crippen molar-refractivity contribution in [2.24, 2.45) is 5.92 Å². The van der Waals surface area contributed by atoms with Crippen LogP contribution in [-0.2, 0) is 6.42 Å². The molecule has 0 saturated carbocycles. The van der Waals surface area contributed by atoms with Gasteiger partial charge in [0.1, 0.15) is 0 Å². The molecule has 1 aromatic heterocycles. The molecule has 1 atom stereocenters. The van der Waals surface area contributed by atoms with Crippen molar-refractivity contribution in [1.29, 1.82) is 0 Å². The SMILES string of the molecule is CCNC(Cc1nc(-c2ccc(Cl)c(Br)c2)no1)C(C)C. The van der Waals surface area contributed by atoms with Crippen molar-refractivity contribution < 1.29 is 4.52 Å². The second-order valence-corrected chi connectivity index (χ2v) is 6.51. The number of nitrogens with one attached hydrogen (secondary N) is 1. The molecule has 0 spiro atoms. The first-order valence-electron chi connectivity index (χ1n) is 7.02. The van der Waals surface area contributed by atoms with Gasteiger partial charge in [-0.2, -0.15) is 4.98 Å². The zero-order valence-electron chi connectivity index (χ0n) is 12.4. The third kappa shape index (κ3) is 4.28. The van der Waals surface area contributed by atoms with Gasteiger partial charge in [-0.05, 0) is 46.6 Å². The van der Waals surface area contributed by atoms with Crippen LogP contribution in [0.25, 0.3) is 11.4 Å². The molecule has 0 bridgehead atoms. The van der Waals surface area contributed by atoms with Crippen LogP contribution in [0.3, 0.4) is 0 Å². The quantitative estimate of drug-likeness (QED) is 0.820. The molecule has 0 amide bonds. The Kier molecular flexibility index (Phi) is 5.79. The van der Waals surface area contributed by atoms with Crippen LogP contribution < -0.4 is 5.32 Å². The fourth-order valence-corrected chi connectivity index (χ4v) is 2.58. The summed E-state index contributed by atoms with van der Waals surface area (Å²) in [6.45, 7) is 7.38. The predicted molar refractivity (Wildman–Crippen MR) is 88.5 cm³/mol. The molecule has 0 saturated heterocycles.